The Balaban J connectivity index is 1.59. The van der Waals surface area contributed by atoms with Crippen LogP contribution >= 0.6 is 0 Å². The van der Waals surface area contributed by atoms with Crippen molar-refractivity contribution in [3.05, 3.63) is 59.7 Å². The van der Waals surface area contributed by atoms with Crippen molar-refractivity contribution in [3.8, 4) is 11.7 Å². The topological polar surface area (TPSA) is 112 Å². The molecule has 0 saturated carbocycles. The molecule has 0 atom stereocenters. The molecule has 2 aromatic heterocycles. The van der Waals surface area contributed by atoms with E-state index in [1.807, 2.05) is 0 Å². The molecule has 0 radical (unpaired) electrons. The molecule has 3 rings (SSSR count). The average molecular weight is 362 g/mol. The lowest BCUT2D eigenvalue weighted by molar-refractivity contribution is 0.0438. The van der Waals surface area contributed by atoms with Gasteiger partial charge in [-0.3, -0.25) is 0 Å². The largest absolute Gasteiger partial charge is 0.459 e. The number of hydrogen-bond acceptors (Lipinski definition) is 8. The molecule has 9 heteroatoms. The minimum atomic E-state index is -3.12. The zero-order valence-corrected chi connectivity index (χ0v) is 14.0. The average Bonchev–Trinajstić information content (AvgIpc) is 3.23. The van der Waals surface area contributed by atoms with Crippen molar-refractivity contribution in [1.29, 1.82) is 0 Å². The summed E-state index contributed by atoms with van der Waals surface area (Å²) in [5.41, 5.74) is 0.891. The third-order valence-electron chi connectivity index (χ3n) is 3.14. The van der Waals surface area contributed by atoms with Gasteiger partial charge in [0.15, 0.2) is 22.2 Å². The van der Waals surface area contributed by atoms with E-state index in [1.54, 1.807) is 24.3 Å². The number of ether oxygens (including phenoxy) is 1. The highest BCUT2D eigenvalue weighted by Gasteiger charge is 2.14. The SMILES string of the molecule is CS(=O)(=O)Cc1ccc(C(=O)OCc2nnc(-c3ccco3)o2)cc1. The van der Waals surface area contributed by atoms with Crippen molar-refractivity contribution in [2.75, 3.05) is 6.26 Å². The summed E-state index contributed by atoms with van der Waals surface area (Å²) in [4.78, 5) is 12.0. The molecule has 0 aliphatic carbocycles. The molecule has 0 saturated heterocycles. The van der Waals surface area contributed by atoms with Gasteiger partial charge in [0.25, 0.3) is 11.8 Å². The number of hydrogen-bond donors (Lipinski definition) is 0. The number of esters is 1. The lowest BCUT2D eigenvalue weighted by Crippen LogP contribution is -2.06. The molecule has 3 aromatic rings. The van der Waals surface area contributed by atoms with Gasteiger partial charge in [-0.25, -0.2) is 13.2 Å². The van der Waals surface area contributed by atoms with Crippen molar-refractivity contribution in [1.82, 2.24) is 10.2 Å². The molecule has 0 aliphatic rings. The van der Waals surface area contributed by atoms with Gasteiger partial charge in [-0.05, 0) is 29.8 Å². The summed E-state index contributed by atoms with van der Waals surface area (Å²) >= 11 is 0. The molecule has 0 unspecified atom stereocenters. The second kappa shape index (κ2) is 6.89. The van der Waals surface area contributed by atoms with E-state index in [0.717, 1.165) is 6.26 Å². The van der Waals surface area contributed by atoms with Crippen molar-refractivity contribution in [3.63, 3.8) is 0 Å². The lowest BCUT2D eigenvalue weighted by atomic mass is 10.1. The molecule has 130 valence electrons. The molecule has 0 N–H and O–H groups in total. The van der Waals surface area contributed by atoms with E-state index < -0.39 is 15.8 Å². The van der Waals surface area contributed by atoms with Crippen LogP contribution in [0, 0.1) is 0 Å². The van der Waals surface area contributed by atoms with Gasteiger partial charge in [0.1, 0.15) is 0 Å². The first kappa shape index (κ1) is 16.9. The van der Waals surface area contributed by atoms with E-state index in [1.165, 1.54) is 18.4 Å². The zero-order chi connectivity index (χ0) is 17.9. The van der Waals surface area contributed by atoms with E-state index in [-0.39, 0.29) is 24.1 Å². The number of rotatable bonds is 6. The van der Waals surface area contributed by atoms with E-state index in [4.69, 9.17) is 13.6 Å². The highest BCUT2D eigenvalue weighted by atomic mass is 32.2. The summed E-state index contributed by atoms with van der Waals surface area (Å²) < 4.78 is 38.0. The third-order valence-corrected chi connectivity index (χ3v) is 4.00. The quantitative estimate of drug-likeness (QED) is 0.614. The Kier molecular flexibility index (Phi) is 4.66. The predicted octanol–water partition coefficient (Wildman–Crippen LogP) is 2.23. The van der Waals surface area contributed by atoms with Crippen LogP contribution in [0.3, 0.4) is 0 Å². The van der Waals surface area contributed by atoms with Crippen LogP contribution in [0.5, 0.6) is 0 Å². The van der Waals surface area contributed by atoms with Gasteiger partial charge in [0, 0.05) is 6.26 Å². The summed E-state index contributed by atoms with van der Waals surface area (Å²) in [6.45, 7) is -0.183. The summed E-state index contributed by atoms with van der Waals surface area (Å²) in [7, 11) is -3.12. The van der Waals surface area contributed by atoms with Gasteiger partial charge in [0.05, 0.1) is 17.6 Å². The molecule has 0 amide bonds. The smallest absolute Gasteiger partial charge is 0.338 e. The monoisotopic (exact) mass is 362 g/mol. The molecular formula is C16H14N2O6S. The Bertz CT molecular complexity index is 958. The molecular weight excluding hydrogens is 348 g/mol. The van der Waals surface area contributed by atoms with Gasteiger partial charge >= 0.3 is 5.97 Å². The van der Waals surface area contributed by atoms with Gasteiger partial charge in [-0.1, -0.05) is 12.1 Å². The van der Waals surface area contributed by atoms with Crippen molar-refractivity contribution < 1.29 is 26.8 Å². The lowest BCUT2D eigenvalue weighted by Gasteiger charge is -2.03. The first-order valence-corrected chi connectivity index (χ1v) is 9.27. The third kappa shape index (κ3) is 4.54. The standard InChI is InChI=1S/C16H14N2O6S/c1-25(20,21)10-11-4-6-12(7-5-11)16(19)23-9-14-17-18-15(24-14)13-3-2-8-22-13/h2-8H,9-10H2,1H3. The minimum absolute atomic E-state index is 0.0835. The summed E-state index contributed by atoms with van der Waals surface area (Å²) in [6.07, 6.45) is 2.63. The molecule has 2 heterocycles. The minimum Gasteiger partial charge on any atom is -0.459 e. The van der Waals surface area contributed by atoms with Crippen LogP contribution in [0.25, 0.3) is 11.7 Å². The maximum atomic E-state index is 12.0. The Labute approximate surface area is 143 Å². The fourth-order valence-electron chi connectivity index (χ4n) is 2.06. The Morgan fingerprint density at radius 1 is 1.16 bits per heavy atom. The second-order valence-electron chi connectivity index (χ2n) is 5.32. The normalized spacial score (nSPS) is 11.4. The first-order valence-electron chi connectivity index (χ1n) is 7.21. The maximum absolute atomic E-state index is 12.0. The van der Waals surface area contributed by atoms with Crippen molar-refractivity contribution >= 4 is 15.8 Å². The van der Waals surface area contributed by atoms with Gasteiger partial charge in [-0.2, -0.15) is 0 Å². The highest BCUT2D eigenvalue weighted by molar-refractivity contribution is 7.89. The molecule has 0 bridgehead atoms. The maximum Gasteiger partial charge on any atom is 0.338 e. The van der Waals surface area contributed by atoms with Gasteiger partial charge in [-0.15, -0.1) is 10.2 Å². The predicted molar refractivity (Wildman–Crippen MR) is 86.1 cm³/mol. The summed E-state index contributed by atoms with van der Waals surface area (Å²) in [5.74, 6) is 0.0877. The van der Waals surface area contributed by atoms with Crippen molar-refractivity contribution in [2.45, 2.75) is 12.4 Å². The van der Waals surface area contributed by atoms with Crippen LogP contribution in [0.4, 0.5) is 0 Å². The van der Waals surface area contributed by atoms with Crippen LogP contribution in [0.15, 0.2) is 51.5 Å². The molecule has 0 aliphatic heterocycles. The van der Waals surface area contributed by atoms with E-state index in [0.29, 0.717) is 16.9 Å². The van der Waals surface area contributed by atoms with Crippen LogP contribution in [0.1, 0.15) is 21.8 Å². The number of sulfone groups is 1. The van der Waals surface area contributed by atoms with E-state index in [2.05, 4.69) is 10.2 Å². The van der Waals surface area contributed by atoms with Crippen LogP contribution in [-0.4, -0.2) is 30.8 Å². The number of carbonyl (C=O) groups excluding carboxylic acids is 1. The molecule has 8 nitrogen and oxygen atoms in total. The van der Waals surface area contributed by atoms with Crippen LogP contribution < -0.4 is 0 Å². The Hall–Kier alpha value is -2.94. The fraction of sp³-hybridized carbons (Fsp3) is 0.188. The number of benzene rings is 1. The second-order valence-corrected chi connectivity index (χ2v) is 7.46. The Morgan fingerprint density at radius 3 is 2.56 bits per heavy atom. The van der Waals surface area contributed by atoms with E-state index in [9.17, 15) is 13.2 Å². The first-order chi connectivity index (χ1) is 11.9. The van der Waals surface area contributed by atoms with E-state index >= 15 is 0 Å². The number of aromatic nitrogens is 2. The highest BCUT2D eigenvalue weighted by Crippen LogP contribution is 2.18. The van der Waals surface area contributed by atoms with Gasteiger partial charge in [0.2, 0.25) is 0 Å². The number of furan rings is 1. The Morgan fingerprint density at radius 2 is 1.92 bits per heavy atom. The number of nitrogens with zero attached hydrogens (tertiary/aromatic N) is 2. The molecule has 0 fully saturated rings. The zero-order valence-electron chi connectivity index (χ0n) is 13.2. The summed E-state index contributed by atoms with van der Waals surface area (Å²) in [5, 5.41) is 7.57. The fourth-order valence-corrected chi connectivity index (χ4v) is 2.86. The number of carbonyl (C=O) groups is 1. The molecule has 0 spiro atoms. The summed E-state index contributed by atoms with van der Waals surface area (Å²) in [6, 6.07) is 9.50. The van der Waals surface area contributed by atoms with Crippen LogP contribution in [0.2, 0.25) is 0 Å². The van der Waals surface area contributed by atoms with Crippen molar-refractivity contribution in [2.24, 2.45) is 0 Å². The molecule has 1 aromatic carbocycles. The molecule has 25 heavy (non-hydrogen) atoms. The van der Waals surface area contributed by atoms with Gasteiger partial charge < -0.3 is 13.6 Å². The van der Waals surface area contributed by atoms with Crippen LogP contribution in [-0.2, 0) is 26.9 Å².